The van der Waals surface area contributed by atoms with Gasteiger partial charge in [0.15, 0.2) is 0 Å². The van der Waals surface area contributed by atoms with Crippen molar-refractivity contribution in [2.45, 2.75) is 52.9 Å². The average Bonchev–Trinajstić information content (AvgIpc) is 3.01. The van der Waals surface area contributed by atoms with Crippen molar-refractivity contribution in [1.29, 1.82) is 0 Å². The van der Waals surface area contributed by atoms with Crippen molar-refractivity contribution in [3.8, 4) is 0 Å². The first kappa shape index (κ1) is 19.1. The number of ether oxygens (including phenoxy) is 2. The van der Waals surface area contributed by atoms with Crippen LogP contribution in [0.15, 0.2) is 17.1 Å². The number of nitrogens with one attached hydrogen (secondary N) is 1. The summed E-state index contributed by atoms with van der Waals surface area (Å²) in [6, 6.07) is 1.57. The standard InChI is InChI=1S/C17H25N3O5/c1-10(2)15(21)18-13-7-8-20(17(23)19-13)14-6-5-12(25-14)9-24-16(22)11(3)4/h7-8,10-12,14H,5-6,9H2,1-4H3,(H,18,19,21,23)/t12-,14+/m0/s1. The third-order valence-corrected chi connectivity index (χ3v) is 3.88. The monoisotopic (exact) mass is 351 g/mol. The maximum atomic E-state index is 12.2. The van der Waals surface area contributed by atoms with E-state index in [0.717, 1.165) is 0 Å². The Morgan fingerprint density at radius 2 is 2.04 bits per heavy atom. The molecule has 1 N–H and O–H groups in total. The van der Waals surface area contributed by atoms with Crippen LogP contribution in [0.1, 0.15) is 46.8 Å². The molecule has 0 bridgehead atoms. The molecule has 1 amide bonds. The lowest BCUT2D eigenvalue weighted by atomic mass is 10.2. The number of carbonyl (C=O) groups is 2. The largest absolute Gasteiger partial charge is 0.463 e. The first-order valence-corrected chi connectivity index (χ1v) is 8.50. The number of carbonyl (C=O) groups excluding carboxylic acids is 2. The smallest absolute Gasteiger partial charge is 0.351 e. The van der Waals surface area contributed by atoms with Crippen LogP contribution in [0, 0.1) is 11.8 Å². The van der Waals surface area contributed by atoms with Crippen molar-refractivity contribution >= 4 is 17.7 Å². The van der Waals surface area contributed by atoms with Crippen LogP contribution in [-0.4, -0.2) is 34.1 Å². The summed E-state index contributed by atoms with van der Waals surface area (Å²) in [5.74, 6) is -0.625. The molecule has 0 unspecified atom stereocenters. The number of rotatable bonds is 6. The number of esters is 1. The first-order valence-electron chi connectivity index (χ1n) is 8.50. The molecule has 2 heterocycles. The normalized spacial score (nSPS) is 20.1. The van der Waals surface area contributed by atoms with E-state index in [-0.39, 0.29) is 42.2 Å². The summed E-state index contributed by atoms with van der Waals surface area (Å²) in [5, 5.41) is 2.59. The highest BCUT2D eigenvalue weighted by Crippen LogP contribution is 2.27. The summed E-state index contributed by atoms with van der Waals surface area (Å²) in [4.78, 5) is 39.2. The van der Waals surface area contributed by atoms with Gasteiger partial charge in [0.2, 0.25) is 5.91 Å². The first-order chi connectivity index (χ1) is 11.8. The third kappa shape index (κ3) is 5.12. The number of hydrogen-bond donors (Lipinski definition) is 1. The fourth-order valence-electron chi connectivity index (χ4n) is 2.33. The van der Waals surface area contributed by atoms with E-state index in [1.54, 1.807) is 40.0 Å². The molecule has 8 heteroatoms. The summed E-state index contributed by atoms with van der Waals surface area (Å²) in [6.45, 7) is 7.24. The molecule has 0 spiro atoms. The molecule has 25 heavy (non-hydrogen) atoms. The zero-order valence-electron chi connectivity index (χ0n) is 15.0. The van der Waals surface area contributed by atoms with E-state index in [9.17, 15) is 14.4 Å². The summed E-state index contributed by atoms with van der Waals surface area (Å²) in [6.07, 6.45) is 2.19. The van der Waals surface area contributed by atoms with Crippen LogP contribution in [-0.2, 0) is 19.1 Å². The predicted octanol–water partition coefficient (Wildman–Crippen LogP) is 1.71. The van der Waals surface area contributed by atoms with Gasteiger partial charge in [-0.15, -0.1) is 0 Å². The van der Waals surface area contributed by atoms with Gasteiger partial charge in [0.25, 0.3) is 0 Å². The molecule has 0 aromatic carbocycles. The maximum Gasteiger partial charge on any atom is 0.351 e. The molecule has 1 saturated heterocycles. The highest BCUT2D eigenvalue weighted by atomic mass is 16.6. The lowest BCUT2D eigenvalue weighted by Crippen LogP contribution is -2.29. The molecule has 1 aromatic rings. The quantitative estimate of drug-likeness (QED) is 0.783. The van der Waals surface area contributed by atoms with E-state index >= 15 is 0 Å². The van der Waals surface area contributed by atoms with Gasteiger partial charge in [-0.2, -0.15) is 4.98 Å². The highest BCUT2D eigenvalue weighted by molar-refractivity contribution is 5.91. The summed E-state index contributed by atoms with van der Waals surface area (Å²) < 4.78 is 12.3. The minimum absolute atomic E-state index is 0.179. The second-order valence-corrected chi connectivity index (χ2v) is 6.72. The number of anilines is 1. The van der Waals surface area contributed by atoms with Crippen LogP contribution >= 0.6 is 0 Å². The Kier molecular flexibility index (Phi) is 6.30. The van der Waals surface area contributed by atoms with E-state index in [2.05, 4.69) is 10.3 Å². The molecule has 1 fully saturated rings. The summed E-state index contributed by atoms with van der Waals surface area (Å²) >= 11 is 0. The van der Waals surface area contributed by atoms with Gasteiger partial charge in [-0.05, 0) is 18.9 Å². The van der Waals surface area contributed by atoms with Gasteiger partial charge >= 0.3 is 11.7 Å². The van der Waals surface area contributed by atoms with Crippen LogP contribution in [0.25, 0.3) is 0 Å². The Hall–Kier alpha value is -2.22. The van der Waals surface area contributed by atoms with Gasteiger partial charge in [-0.1, -0.05) is 27.7 Å². The van der Waals surface area contributed by atoms with E-state index in [0.29, 0.717) is 12.8 Å². The predicted molar refractivity (Wildman–Crippen MR) is 90.9 cm³/mol. The van der Waals surface area contributed by atoms with Gasteiger partial charge in [-0.25, -0.2) is 4.79 Å². The fourth-order valence-corrected chi connectivity index (χ4v) is 2.33. The molecule has 138 valence electrons. The Balaban J connectivity index is 1.95. The second kappa shape index (κ2) is 8.24. The van der Waals surface area contributed by atoms with Gasteiger partial charge < -0.3 is 14.8 Å². The van der Waals surface area contributed by atoms with Crippen LogP contribution in [0.3, 0.4) is 0 Å². The van der Waals surface area contributed by atoms with Gasteiger partial charge in [-0.3, -0.25) is 14.2 Å². The molecule has 8 nitrogen and oxygen atoms in total. The van der Waals surface area contributed by atoms with Crippen LogP contribution in [0.2, 0.25) is 0 Å². The zero-order valence-corrected chi connectivity index (χ0v) is 15.0. The minimum atomic E-state index is -0.494. The molecule has 2 atom stereocenters. The maximum absolute atomic E-state index is 12.2. The summed E-state index contributed by atoms with van der Waals surface area (Å²) in [5.41, 5.74) is -0.494. The van der Waals surface area contributed by atoms with Crippen LogP contribution < -0.4 is 11.0 Å². The summed E-state index contributed by atoms with van der Waals surface area (Å²) in [7, 11) is 0. The lowest BCUT2D eigenvalue weighted by molar-refractivity contribution is -0.152. The Labute approximate surface area is 146 Å². The van der Waals surface area contributed by atoms with Crippen molar-refractivity contribution in [3.05, 3.63) is 22.7 Å². The molecule has 1 aliphatic heterocycles. The van der Waals surface area contributed by atoms with E-state index in [1.807, 2.05) is 0 Å². The SMILES string of the molecule is CC(C)C(=O)Nc1ccn([C@H]2CC[C@@H](COC(=O)C(C)C)O2)c(=O)n1. The molecule has 0 aliphatic carbocycles. The number of aromatic nitrogens is 2. The van der Waals surface area contributed by atoms with Crippen molar-refractivity contribution in [3.63, 3.8) is 0 Å². The van der Waals surface area contributed by atoms with Crippen molar-refractivity contribution < 1.29 is 19.1 Å². The molecule has 1 aliphatic rings. The number of nitrogens with zero attached hydrogens (tertiary/aromatic N) is 2. The Morgan fingerprint density at radius 1 is 1.32 bits per heavy atom. The van der Waals surface area contributed by atoms with E-state index in [4.69, 9.17) is 9.47 Å². The topological polar surface area (TPSA) is 99.5 Å². The zero-order chi connectivity index (χ0) is 18.6. The van der Waals surface area contributed by atoms with Gasteiger partial charge in [0, 0.05) is 12.1 Å². The Bertz CT molecular complexity index is 683. The highest BCUT2D eigenvalue weighted by Gasteiger charge is 2.28. The fraction of sp³-hybridized carbons (Fsp3) is 0.647. The van der Waals surface area contributed by atoms with Crippen molar-refractivity contribution in [1.82, 2.24) is 9.55 Å². The molecule has 1 aromatic heterocycles. The molecule has 0 radical (unpaired) electrons. The number of hydrogen-bond acceptors (Lipinski definition) is 6. The van der Waals surface area contributed by atoms with E-state index in [1.165, 1.54) is 4.57 Å². The molecular weight excluding hydrogens is 326 g/mol. The average molecular weight is 351 g/mol. The minimum Gasteiger partial charge on any atom is -0.463 e. The van der Waals surface area contributed by atoms with Crippen LogP contribution in [0.4, 0.5) is 5.82 Å². The van der Waals surface area contributed by atoms with Crippen molar-refractivity contribution in [2.75, 3.05) is 11.9 Å². The van der Waals surface area contributed by atoms with Gasteiger partial charge in [0.05, 0.1) is 12.0 Å². The third-order valence-electron chi connectivity index (χ3n) is 3.88. The molecule has 0 saturated carbocycles. The van der Waals surface area contributed by atoms with Crippen LogP contribution in [0.5, 0.6) is 0 Å². The van der Waals surface area contributed by atoms with Gasteiger partial charge in [0.1, 0.15) is 18.7 Å². The molecular formula is C17H25N3O5. The second-order valence-electron chi connectivity index (χ2n) is 6.72. The molecule has 2 rings (SSSR count). The van der Waals surface area contributed by atoms with Crippen molar-refractivity contribution in [2.24, 2.45) is 11.8 Å². The lowest BCUT2D eigenvalue weighted by Gasteiger charge is -2.16. The number of amides is 1. The Morgan fingerprint density at radius 3 is 2.64 bits per heavy atom. The van der Waals surface area contributed by atoms with E-state index < -0.39 is 11.9 Å².